The third kappa shape index (κ3) is 2.00. The van der Waals surface area contributed by atoms with E-state index in [9.17, 15) is 0 Å². The third-order valence-electron chi connectivity index (χ3n) is 2.30. The van der Waals surface area contributed by atoms with Crippen molar-refractivity contribution in [3.63, 3.8) is 0 Å². The maximum Gasteiger partial charge on any atom is 0.140 e. The fourth-order valence-corrected chi connectivity index (χ4v) is 1.77. The van der Waals surface area contributed by atoms with Crippen LogP contribution in [-0.4, -0.2) is 9.97 Å². The molecule has 0 amide bonds. The summed E-state index contributed by atoms with van der Waals surface area (Å²) in [4.78, 5) is 8.31. The van der Waals surface area contributed by atoms with Crippen LogP contribution in [0, 0.1) is 13.8 Å². The van der Waals surface area contributed by atoms with Crippen LogP contribution in [0.3, 0.4) is 0 Å². The van der Waals surface area contributed by atoms with Gasteiger partial charge in [0.05, 0.1) is 0 Å². The molecule has 1 aromatic heterocycles. The molecular formula is C12H11ClN2. The van der Waals surface area contributed by atoms with Gasteiger partial charge < -0.3 is 0 Å². The van der Waals surface area contributed by atoms with Crippen LogP contribution in [0.1, 0.15) is 11.4 Å². The Kier molecular flexibility index (Phi) is 2.69. The smallest absolute Gasteiger partial charge is 0.140 e. The van der Waals surface area contributed by atoms with Gasteiger partial charge in [-0.1, -0.05) is 35.9 Å². The number of aromatic nitrogens is 2. The maximum atomic E-state index is 6.08. The zero-order valence-electron chi connectivity index (χ0n) is 8.66. The Hall–Kier alpha value is -1.41. The lowest BCUT2D eigenvalue weighted by Crippen LogP contribution is -1.92. The maximum absolute atomic E-state index is 6.08. The van der Waals surface area contributed by atoms with Gasteiger partial charge in [0, 0.05) is 11.8 Å². The third-order valence-corrected chi connectivity index (χ3v) is 2.59. The molecule has 76 valence electrons. The highest BCUT2D eigenvalue weighted by Crippen LogP contribution is 2.27. The summed E-state index contributed by atoms with van der Waals surface area (Å²) in [6.07, 6.45) is 1.77. The van der Waals surface area contributed by atoms with Crippen molar-refractivity contribution < 1.29 is 0 Å². The number of nitrogens with zero attached hydrogens (tertiary/aromatic N) is 2. The van der Waals surface area contributed by atoms with Gasteiger partial charge in [-0.05, 0) is 25.0 Å². The predicted molar refractivity (Wildman–Crippen MR) is 62.0 cm³/mol. The summed E-state index contributed by atoms with van der Waals surface area (Å²) in [5.41, 5.74) is 3.15. The first-order chi connectivity index (χ1) is 7.18. The number of benzene rings is 1. The van der Waals surface area contributed by atoms with Crippen LogP contribution >= 0.6 is 11.6 Å². The van der Waals surface area contributed by atoms with Crippen molar-refractivity contribution in [3.05, 3.63) is 47.0 Å². The van der Waals surface area contributed by atoms with Gasteiger partial charge in [-0.3, -0.25) is 0 Å². The number of hydrogen-bond donors (Lipinski definition) is 0. The molecule has 0 aliphatic heterocycles. The monoisotopic (exact) mass is 218 g/mol. The van der Waals surface area contributed by atoms with E-state index in [-0.39, 0.29) is 0 Å². The van der Waals surface area contributed by atoms with Crippen molar-refractivity contribution in [1.82, 2.24) is 9.97 Å². The van der Waals surface area contributed by atoms with E-state index in [0.717, 1.165) is 11.1 Å². The van der Waals surface area contributed by atoms with Crippen molar-refractivity contribution >= 4 is 11.6 Å². The molecule has 0 unspecified atom stereocenters. The van der Waals surface area contributed by atoms with Crippen molar-refractivity contribution in [1.29, 1.82) is 0 Å². The lowest BCUT2D eigenvalue weighted by Gasteiger charge is -2.06. The number of halogens is 1. The molecule has 0 atom stereocenters. The van der Waals surface area contributed by atoms with Gasteiger partial charge in [-0.25, -0.2) is 9.97 Å². The lowest BCUT2D eigenvalue weighted by molar-refractivity contribution is 1.05. The molecule has 0 aliphatic carbocycles. The van der Waals surface area contributed by atoms with E-state index >= 15 is 0 Å². The van der Waals surface area contributed by atoms with Crippen LogP contribution in [0.15, 0.2) is 30.5 Å². The number of rotatable bonds is 1. The van der Waals surface area contributed by atoms with Gasteiger partial charge in [-0.15, -0.1) is 0 Å². The molecule has 0 bridgehead atoms. The van der Waals surface area contributed by atoms with Crippen LogP contribution < -0.4 is 0 Å². The van der Waals surface area contributed by atoms with E-state index in [2.05, 4.69) is 9.97 Å². The predicted octanol–water partition coefficient (Wildman–Crippen LogP) is 3.41. The van der Waals surface area contributed by atoms with Crippen molar-refractivity contribution in [3.8, 4) is 11.1 Å². The van der Waals surface area contributed by atoms with E-state index in [0.29, 0.717) is 11.0 Å². The second-order valence-corrected chi connectivity index (χ2v) is 3.79. The Labute approximate surface area is 94.0 Å². The summed E-state index contributed by atoms with van der Waals surface area (Å²) in [5.74, 6) is 0.692. The van der Waals surface area contributed by atoms with Crippen LogP contribution in [0.25, 0.3) is 11.1 Å². The SMILES string of the molecule is Cc1ncc(-c2ccccc2C)c(Cl)n1. The zero-order chi connectivity index (χ0) is 10.8. The van der Waals surface area contributed by atoms with Gasteiger partial charge in [-0.2, -0.15) is 0 Å². The van der Waals surface area contributed by atoms with Crippen molar-refractivity contribution in [2.24, 2.45) is 0 Å². The molecule has 0 radical (unpaired) electrons. The second kappa shape index (κ2) is 3.99. The van der Waals surface area contributed by atoms with Crippen LogP contribution in [-0.2, 0) is 0 Å². The van der Waals surface area contributed by atoms with E-state index in [4.69, 9.17) is 11.6 Å². The highest BCUT2D eigenvalue weighted by molar-refractivity contribution is 6.32. The van der Waals surface area contributed by atoms with E-state index in [1.165, 1.54) is 5.56 Å². The van der Waals surface area contributed by atoms with Crippen LogP contribution in [0.4, 0.5) is 0 Å². The normalized spacial score (nSPS) is 10.3. The van der Waals surface area contributed by atoms with E-state index < -0.39 is 0 Å². The molecule has 0 fully saturated rings. The Bertz CT molecular complexity index is 495. The Morgan fingerprint density at radius 2 is 1.80 bits per heavy atom. The second-order valence-electron chi connectivity index (χ2n) is 3.44. The lowest BCUT2D eigenvalue weighted by atomic mass is 10.0. The quantitative estimate of drug-likeness (QED) is 0.686. The van der Waals surface area contributed by atoms with Crippen molar-refractivity contribution in [2.75, 3.05) is 0 Å². The minimum Gasteiger partial charge on any atom is -0.241 e. The summed E-state index contributed by atoms with van der Waals surface area (Å²) < 4.78 is 0. The number of hydrogen-bond acceptors (Lipinski definition) is 2. The van der Waals surface area contributed by atoms with Gasteiger partial charge in [0.15, 0.2) is 0 Å². The average Bonchev–Trinajstić information content (AvgIpc) is 2.20. The standard InChI is InChI=1S/C12H11ClN2/c1-8-5-3-4-6-10(8)11-7-14-9(2)15-12(11)13/h3-7H,1-2H3. The molecule has 0 saturated heterocycles. The summed E-state index contributed by atoms with van der Waals surface area (Å²) in [5, 5.41) is 0.511. The van der Waals surface area contributed by atoms with Crippen LogP contribution in [0.2, 0.25) is 5.15 Å². The van der Waals surface area contributed by atoms with Gasteiger partial charge in [0.1, 0.15) is 11.0 Å². The summed E-state index contributed by atoms with van der Waals surface area (Å²) in [7, 11) is 0. The fraction of sp³-hybridized carbons (Fsp3) is 0.167. The van der Waals surface area contributed by atoms with E-state index in [1.54, 1.807) is 6.20 Å². The van der Waals surface area contributed by atoms with Gasteiger partial charge in [0.25, 0.3) is 0 Å². The molecule has 0 spiro atoms. The van der Waals surface area contributed by atoms with Crippen molar-refractivity contribution in [2.45, 2.75) is 13.8 Å². The molecule has 3 heteroatoms. The van der Waals surface area contributed by atoms with E-state index in [1.807, 2.05) is 38.1 Å². The first-order valence-electron chi connectivity index (χ1n) is 4.73. The summed E-state index contributed by atoms with van der Waals surface area (Å²) >= 11 is 6.08. The zero-order valence-corrected chi connectivity index (χ0v) is 9.42. The highest BCUT2D eigenvalue weighted by atomic mass is 35.5. The first kappa shape index (κ1) is 10.1. The Morgan fingerprint density at radius 3 is 2.47 bits per heavy atom. The molecular weight excluding hydrogens is 208 g/mol. The minimum absolute atomic E-state index is 0.511. The molecule has 2 rings (SSSR count). The largest absolute Gasteiger partial charge is 0.241 e. The molecule has 2 nitrogen and oxygen atoms in total. The fourth-order valence-electron chi connectivity index (χ4n) is 1.50. The average molecular weight is 219 g/mol. The van der Waals surface area contributed by atoms with Gasteiger partial charge in [0.2, 0.25) is 0 Å². The Balaban J connectivity index is 2.60. The van der Waals surface area contributed by atoms with Crippen LogP contribution in [0.5, 0.6) is 0 Å². The van der Waals surface area contributed by atoms with Gasteiger partial charge >= 0.3 is 0 Å². The minimum atomic E-state index is 0.511. The molecule has 15 heavy (non-hydrogen) atoms. The molecule has 0 N–H and O–H groups in total. The molecule has 1 aromatic carbocycles. The number of aryl methyl sites for hydroxylation is 2. The Morgan fingerprint density at radius 1 is 1.07 bits per heavy atom. The first-order valence-corrected chi connectivity index (χ1v) is 5.11. The summed E-state index contributed by atoms with van der Waals surface area (Å²) in [6.45, 7) is 3.87. The molecule has 0 saturated carbocycles. The highest BCUT2D eigenvalue weighted by Gasteiger charge is 2.07. The molecule has 0 aliphatic rings. The summed E-state index contributed by atoms with van der Waals surface area (Å²) in [6, 6.07) is 8.06. The molecule has 2 aromatic rings. The molecule has 1 heterocycles. The topological polar surface area (TPSA) is 25.8 Å².